The Labute approximate surface area is 88.7 Å². The van der Waals surface area contributed by atoms with Crippen LogP contribution in [0.25, 0.3) is 0 Å². The minimum absolute atomic E-state index is 0.104. The second kappa shape index (κ2) is 6.99. The predicted octanol–water partition coefficient (Wildman–Crippen LogP) is 2.72. The Kier molecular flexibility index (Phi) is 6.81. The van der Waals surface area contributed by atoms with Crippen LogP contribution in [0.3, 0.4) is 0 Å². The van der Waals surface area contributed by atoms with E-state index in [4.69, 9.17) is 0 Å². The van der Waals surface area contributed by atoms with Crippen LogP contribution < -0.4 is 0 Å². The third-order valence-electron chi connectivity index (χ3n) is 2.64. The summed E-state index contributed by atoms with van der Waals surface area (Å²) in [4.78, 5) is 13.6. The fourth-order valence-electron chi connectivity index (χ4n) is 2.04. The second-order valence-corrected chi connectivity index (χ2v) is 4.49. The number of nitrogens with zero attached hydrogens (tertiary/aromatic N) is 1. The number of hydrogen-bond donors (Lipinski definition) is 0. The monoisotopic (exact) mass is 199 g/mol. The van der Waals surface area contributed by atoms with E-state index in [1.54, 1.807) is 6.92 Å². The molecule has 84 valence electrons. The molecule has 0 aromatic heterocycles. The van der Waals surface area contributed by atoms with Gasteiger partial charge in [0.15, 0.2) is 0 Å². The molecule has 0 bridgehead atoms. The molecule has 0 saturated carbocycles. The van der Waals surface area contributed by atoms with Gasteiger partial charge in [-0.15, -0.1) is 0 Å². The molecule has 0 N–H and O–H groups in total. The molecule has 0 unspecified atom stereocenters. The predicted molar refractivity (Wildman–Crippen MR) is 61.5 cm³/mol. The van der Waals surface area contributed by atoms with Crippen molar-refractivity contribution in [2.45, 2.75) is 53.0 Å². The van der Waals surface area contributed by atoms with Crippen LogP contribution in [-0.4, -0.2) is 30.3 Å². The van der Waals surface area contributed by atoms with Gasteiger partial charge in [-0.3, -0.25) is 9.69 Å². The van der Waals surface area contributed by atoms with Gasteiger partial charge in [0.2, 0.25) is 0 Å². The van der Waals surface area contributed by atoms with Gasteiger partial charge in [0.05, 0.1) is 6.04 Å². The summed E-state index contributed by atoms with van der Waals surface area (Å²) < 4.78 is 0. The number of hydrogen-bond acceptors (Lipinski definition) is 2. The third kappa shape index (κ3) is 4.75. The van der Waals surface area contributed by atoms with Gasteiger partial charge in [0, 0.05) is 0 Å². The maximum Gasteiger partial charge on any atom is 0.147 e. The summed E-state index contributed by atoms with van der Waals surface area (Å²) in [7, 11) is 2.06. The van der Waals surface area contributed by atoms with Gasteiger partial charge in [-0.05, 0) is 32.9 Å². The molecule has 0 amide bonds. The minimum Gasteiger partial charge on any atom is -0.298 e. The molecular weight excluding hydrogens is 174 g/mol. The lowest BCUT2D eigenvalue weighted by molar-refractivity contribution is -0.123. The highest BCUT2D eigenvalue weighted by Crippen LogP contribution is 2.11. The summed E-state index contributed by atoms with van der Waals surface area (Å²) in [5.74, 6) is 0.707. The first-order valence-electron chi connectivity index (χ1n) is 5.71. The number of likely N-dealkylation sites (N-methyl/N-ethyl adjacent to an activating group) is 1. The number of carbonyl (C=O) groups is 1. The molecule has 0 fully saturated rings. The smallest absolute Gasteiger partial charge is 0.147 e. The van der Waals surface area contributed by atoms with Gasteiger partial charge in [-0.1, -0.05) is 33.6 Å². The van der Waals surface area contributed by atoms with E-state index < -0.39 is 0 Å². The van der Waals surface area contributed by atoms with Crippen LogP contribution in [0.5, 0.6) is 0 Å². The zero-order valence-electron chi connectivity index (χ0n) is 10.3. The molecule has 1 atom stereocenters. The normalized spacial score (nSPS) is 13.6. The molecule has 0 aromatic carbocycles. The molecule has 0 aromatic rings. The van der Waals surface area contributed by atoms with E-state index in [1.807, 2.05) is 0 Å². The van der Waals surface area contributed by atoms with Gasteiger partial charge in [0.1, 0.15) is 5.78 Å². The minimum atomic E-state index is 0.104. The van der Waals surface area contributed by atoms with E-state index in [1.165, 1.54) is 19.3 Å². The van der Waals surface area contributed by atoms with Crippen LogP contribution in [0.1, 0.15) is 47.0 Å². The molecule has 0 radical (unpaired) electrons. The van der Waals surface area contributed by atoms with Gasteiger partial charge in [-0.2, -0.15) is 0 Å². The highest BCUT2D eigenvalue weighted by atomic mass is 16.1. The van der Waals surface area contributed by atoms with Crippen LogP contribution in [0.15, 0.2) is 0 Å². The topological polar surface area (TPSA) is 20.3 Å². The van der Waals surface area contributed by atoms with E-state index >= 15 is 0 Å². The molecule has 2 heteroatoms. The van der Waals surface area contributed by atoms with Crippen molar-refractivity contribution in [2.24, 2.45) is 5.92 Å². The lowest BCUT2D eigenvalue weighted by atomic mass is 9.99. The highest BCUT2D eigenvalue weighted by Gasteiger charge is 2.22. The van der Waals surface area contributed by atoms with Crippen molar-refractivity contribution in [3.8, 4) is 0 Å². The molecule has 2 nitrogen and oxygen atoms in total. The van der Waals surface area contributed by atoms with Gasteiger partial charge >= 0.3 is 0 Å². The number of ketones is 1. The average molecular weight is 199 g/mol. The second-order valence-electron chi connectivity index (χ2n) is 4.49. The Morgan fingerprint density at radius 3 is 2.21 bits per heavy atom. The molecule has 0 aliphatic rings. The van der Waals surface area contributed by atoms with E-state index in [2.05, 4.69) is 32.7 Å². The first-order valence-corrected chi connectivity index (χ1v) is 5.71. The Hall–Kier alpha value is -0.370. The molecular formula is C12H25NO. The van der Waals surface area contributed by atoms with Gasteiger partial charge < -0.3 is 0 Å². The van der Waals surface area contributed by atoms with E-state index in [-0.39, 0.29) is 6.04 Å². The zero-order valence-corrected chi connectivity index (χ0v) is 10.3. The van der Waals surface area contributed by atoms with Crippen LogP contribution in [0.2, 0.25) is 0 Å². The fourth-order valence-corrected chi connectivity index (χ4v) is 2.04. The molecule has 0 aliphatic carbocycles. The molecule has 0 aliphatic heterocycles. The van der Waals surface area contributed by atoms with Gasteiger partial charge in [-0.25, -0.2) is 0 Å². The lowest BCUT2D eigenvalue weighted by Gasteiger charge is -2.28. The summed E-state index contributed by atoms with van der Waals surface area (Å²) in [6, 6.07) is 0.104. The Morgan fingerprint density at radius 1 is 1.29 bits per heavy atom. The van der Waals surface area contributed by atoms with Crippen molar-refractivity contribution in [1.82, 2.24) is 4.90 Å². The number of unbranched alkanes of at least 4 members (excludes halogenated alkanes) is 2. The summed E-state index contributed by atoms with van der Waals surface area (Å²) in [6.45, 7) is 9.16. The van der Waals surface area contributed by atoms with Crippen molar-refractivity contribution < 1.29 is 4.79 Å². The number of rotatable bonds is 7. The quantitative estimate of drug-likeness (QED) is 0.588. The summed E-state index contributed by atoms with van der Waals surface area (Å²) in [6.07, 6.45) is 3.69. The standard InChI is InChI=1S/C12H25NO/c1-6-7-8-9-13(5)12(10(2)3)11(4)14/h10,12H,6-9H2,1-5H3/t12-/m0/s1. The Morgan fingerprint density at radius 2 is 1.86 bits per heavy atom. The maximum absolute atomic E-state index is 11.4. The molecule has 0 heterocycles. The molecule has 14 heavy (non-hydrogen) atoms. The largest absolute Gasteiger partial charge is 0.298 e. The van der Waals surface area contributed by atoms with Crippen molar-refractivity contribution in [2.75, 3.05) is 13.6 Å². The van der Waals surface area contributed by atoms with Crippen molar-refractivity contribution in [3.05, 3.63) is 0 Å². The van der Waals surface area contributed by atoms with Crippen molar-refractivity contribution in [3.63, 3.8) is 0 Å². The van der Waals surface area contributed by atoms with E-state index in [0.29, 0.717) is 11.7 Å². The third-order valence-corrected chi connectivity index (χ3v) is 2.64. The fraction of sp³-hybridized carbons (Fsp3) is 0.917. The van der Waals surface area contributed by atoms with Crippen LogP contribution in [0.4, 0.5) is 0 Å². The highest BCUT2D eigenvalue weighted by molar-refractivity contribution is 5.81. The average Bonchev–Trinajstić information content (AvgIpc) is 2.03. The maximum atomic E-state index is 11.4. The summed E-state index contributed by atoms with van der Waals surface area (Å²) >= 11 is 0. The number of carbonyl (C=O) groups excluding carboxylic acids is 1. The van der Waals surface area contributed by atoms with Crippen LogP contribution in [-0.2, 0) is 4.79 Å². The molecule has 0 rings (SSSR count). The lowest BCUT2D eigenvalue weighted by Crippen LogP contribution is -2.41. The summed E-state index contributed by atoms with van der Waals surface area (Å²) in [5.41, 5.74) is 0. The van der Waals surface area contributed by atoms with E-state index in [0.717, 1.165) is 6.54 Å². The summed E-state index contributed by atoms with van der Waals surface area (Å²) in [5, 5.41) is 0. The first kappa shape index (κ1) is 13.6. The van der Waals surface area contributed by atoms with Gasteiger partial charge in [0.25, 0.3) is 0 Å². The van der Waals surface area contributed by atoms with E-state index in [9.17, 15) is 4.79 Å². The molecule has 0 spiro atoms. The Bertz CT molecular complexity index is 166. The number of Topliss-reactive ketones (excluding diaryl/α,β-unsaturated/α-hetero) is 1. The SMILES string of the molecule is CCCCCN(C)[C@H](C(C)=O)C(C)C. The van der Waals surface area contributed by atoms with Crippen LogP contribution in [0, 0.1) is 5.92 Å². The van der Waals surface area contributed by atoms with Crippen molar-refractivity contribution >= 4 is 5.78 Å². The zero-order chi connectivity index (χ0) is 11.1. The first-order chi connectivity index (χ1) is 6.50. The molecule has 0 saturated heterocycles. The Balaban J connectivity index is 4.02. The van der Waals surface area contributed by atoms with Crippen LogP contribution >= 0.6 is 0 Å². The van der Waals surface area contributed by atoms with Crippen molar-refractivity contribution in [1.29, 1.82) is 0 Å².